The van der Waals surface area contributed by atoms with Crippen LogP contribution in [0.3, 0.4) is 0 Å². The van der Waals surface area contributed by atoms with Crippen molar-refractivity contribution in [3.05, 3.63) is 59.9 Å². The van der Waals surface area contributed by atoms with Gasteiger partial charge in [0.25, 0.3) is 5.91 Å². The van der Waals surface area contributed by atoms with Gasteiger partial charge in [0.15, 0.2) is 5.71 Å². The van der Waals surface area contributed by atoms with Gasteiger partial charge in [0.2, 0.25) is 0 Å². The molecule has 0 unspecified atom stereocenters. The molecule has 0 fully saturated rings. The molecule has 5 nitrogen and oxygen atoms in total. The number of rotatable bonds is 4. The number of nitrogens with zero attached hydrogens (tertiary/aromatic N) is 4. The highest BCUT2D eigenvalue weighted by Crippen LogP contribution is 2.29. The lowest BCUT2D eigenvalue weighted by Gasteiger charge is -2.14. The number of carbonyl (C=O) groups is 1. The summed E-state index contributed by atoms with van der Waals surface area (Å²) in [5, 5.41) is 8.20. The lowest BCUT2D eigenvalue weighted by Crippen LogP contribution is -2.30. The Labute approximate surface area is 129 Å². The van der Waals surface area contributed by atoms with Crippen LogP contribution >= 0.6 is 0 Å². The predicted molar refractivity (Wildman–Crippen MR) is 87.5 cm³/mol. The van der Waals surface area contributed by atoms with Crippen LogP contribution in [0.15, 0.2) is 59.0 Å². The van der Waals surface area contributed by atoms with E-state index in [2.05, 4.69) is 15.2 Å². The number of carbonyl (C=O) groups excluding carboxylic acids is 1. The standard InChI is InChI=1S/C17H16N4O/c1-2-11-21-15-6-4-3-5-14(15)16(17(21)22)20-19-12-13-7-9-18-10-8-13/h3-10,12H,2,11H2,1H3/b19-12-,20-16+. The van der Waals surface area contributed by atoms with Crippen LogP contribution in [0.5, 0.6) is 0 Å². The average Bonchev–Trinajstić information content (AvgIpc) is 2.82. The summed E-state index contributed by atoms with van der Waals surface area (Å²) in [5.41, 5.74) is 3.04. The second-order valence-corrected chi connectivity index (χ2v) is 4.95. The van der Waals surface area contributed by atoms with Crippen molar-refractivity contribution >= 4 is 23.5 Å². The van der Waals surface area contributed by atoms with Crippen molar-refractivity contribution in [3.63, 3.8) is 0 Å². The fourth-order valence-electron chi connectivity index (χ4n) is 2.41. The zero-order chi connectivity index (χ0) is 15.4. The molecule has 2 aromatic rings. The molecule has 0 spiro atoms. The molecule has 0 N–H and O–H groups in total. The molecule has 0 atom stereocenters. The van der Waals surface area contributed by atoms with Crippen molar-refractivity contribution in [2.75, 3.05) is 11.4 Å². The van der Waals surface area contributed by atoms with Crippen LogP contribution in [-0.2, 0) is 4.79 Å². The summed E-state index contributed by atoms with van der Waals surface area (Å²) < 4.78 is 0. The number of benzene rings is 1. The highest BCUT2D eigenvalue weighted by atomic mass is 16.2. The first-order chi connectivity index (χ1) is 10.8. The molecule has 22 heavy (non-hydrogen) atoms. The molecular weight excluding hydrogens is 276 g/mol. The van der Waals surface area contributed by atoms with Crippen molar-refractivity contribution in [2.24, 2.45) is 10.2 Å². The van der Waals surface area contributed by atoms with Crippen LogP contribution in [-0.4, -0.2) is 29.4 Å². The molecule has 110 valence electrons. The fourth-order valence-corrected chi connectivity index (χ4v) is 2.41. The quantitative estimate of drug-likeness (QED) is 0.642. The third-order valence-corrected chi connectivity index (χ3v) is 3.42. The van der Waals surface area contributed by atoms with E-state index in [-0.39, 0.29) is 5.91 Å². The molecule has 1 aromatic heterocycles. The summed E-state index contributed by atoms with van der Waals surface area (Å²) in [6, 6.07) is 11.3. The monoisotopic (exact) mass is 292 g/mol. The Bertz CT molecular complexity index is 737. The van der Waals surface area contributed by atoms with Crippen molar-refractivity contribution in [1.29, 1.82) is 0 Å². The number of hydrogen-bond acceptors (Lipinski definition) is 4. The molecule has 1 aliphatic rings. The SMILES string of the molecule is CCCN1C(=O)/C(=N/N=C\c2ccncc2)c2ccccc21. The number of pyridine rings is 1. The number of amides is 1. The van der Waals surface area contributed by atoms with Crippen molar-refractivity contribution in [3.8, 4) is 0 Å². The normalized spacial score (nSPS) is 15.8. The summed E-state index contributed by atoms with van der Waals surface area (Å²) in [6.07, 6.45) is 5.89. The van der Waals surface area contributed by atoms with Gasteiger partial charge in [0.1, 0.15) is 0 Å². The van der Waals surface area contributed by atoms with Gasteiger partial charge in [0.05, 0.1) is 11.9 Å². The van der Waals surface area contributed by atoms with Crippen molar-refractivity contribution < 1.29 is 4.79 Å². The third-order valence-electron chi connectivity index (χ3n) is 3.42. The topological polar surface area (TPSA) is 57.9 Å². The van der Waals surface area contributed by atoms with Gasteiger partial charge in [-0.05, 0) is 30.2 Å². The fraction of sp³-hybridized carbons (Fsp3) is 0.176. The highest BCUT2D eigenvalue weighted by molar-refractivity contribution is 6.54. The molecule has 0 bridgehead atoms. The summed E-state index contributed by atoms with van der Waals surface area (Å²) in [6.45, 7) is 2.73. The maximum atomic E-state index is 12.5. The van der Waals surface area contributed by atoms with E-state index in [0.29, 0.717) is 12.3 Å². The Morgan fingerprint density at radius 2 is 1.95 bits per heavy atom. The molecule has 1 aromatic carbocycles. The Morgan fingerprint density at radius 3 is 2.73 bits per heavy atom. The van der Waals surface area contributed by atoms with Crippen LogP contribution in [0.2, 0.25) is 0 Å². The molecule has 1 amide bonds. The largest absolute Gasteiger partial charge is 0.306 e. The molecule has 0 saturated heterocycles. The van der Waals surface area contributed by atoms with Gasteiger partial charge in [-0.3, -0.25) is 9.78 Å². The van der Waals surface area contributed by atoms with E-state index in [1.54, 1.807) is 23.5 Å². The van der Waals surface area contributed by atoms with Gasteiger partial charge in [0, 0.05) is 24.5 Å². The number of para-hydroxylation sites is 1. The van der Waals surface area contributed by atoms with Crippen LogP contribution < -0.4 is 4.90 Å². The van der Waals surface area contributed by atoms with Crippen molar-refractivity contribution in [1.82, 2.24) is 4.98 Å². The van der Waals surface area contributed by atoms with Gasteiger partial charge >= 0.3 is 0 Å². The summed E-state index contributed by atoms with van der Waals surface area (Å²) in [7, 11) is 0. The number of anilines is 1. The van der Waals surface area contributed by atoms with Crippen LogP contribution in [0.25, 0.3) is 0 Å². The van der Waals surface area contributed by atoms with Gasteiger partial charge in [-0.1, -0.05) is 25.1 Å². The first-order valence-corrected chi connectivity index (χ1v) is 7.23. The highest BCUT2D eigenvalue weighted by Gasteiger charge is 2.33. The van der Waals surface area contributed by atoms with E-state index in [4.69, 9.17) is 0 Å². The third kappa shape index (κ3) is 2.65. The van der Waals surface area contributed by atoms with Crippen LogP contribution in [0.4, 0.5) is 5.69 Å². The molecule has 0 aliphatic carbocycles. The molecule has 0 radical (unpaired) electrons. The van der Waals surface area contributed by atoms with E-state index in [1.165, 1.54) is 0 Å². The van der Waals surface area contributed by atoms with Gasteiger partial charge in [-0.15, -0.1) is 5.10 Å². The lowest BCUT2D eigenvalue weighted by molar-refractivity contribution is -0.112. The minimum absolute atomic E-state index is 0.0880. The predicted octanol–water partition coefficient (Wildman–Crippen LogP) is 2.66. The van der Waals surface area contributed by atoms with E-state index in [9.17, 15) is 4.79 Å². The van der Waals surface area contributed by atoms with Crippen molar-refractivity contribution in [2.45, 2.75) is 13.3 Å². The van der Waals surface area contributed by atoms with Gasteiger partial charge in [-0.2, -0.15) is 5.10 Å². The summed E-state index contributed by atoms with van der Waals surface area (Å²) in [4.78, 5) is 18.2. The first kappa shape index (κ1) is 14.1. The van der Waals surface area contributed by atoms with E-state index in [0.717, 1.165) is 23.2 Å². The zero-order valence-corrected chi connectivity index (χ0v) is 12.3. The Kier molecular flexibility index (Phi) is 4.05. The maximum Gasteiger partial charge on any atom is 0.279 e. The molecule has 0 saturated carbocycles. The first-order valence-electron chi connectivity index (χ1n) is 7.23. The smallest absolute Gasteiger partial charge is 0.279 e. The minimum atomic E-state index is -0.0880. The second kappa shape index (κ2) is 6.30. The number of aromatic nitrogens is 1. The Balaban J connectivity index is 1.92. The van der Waals surface area contributed by atoms with E-state index < -0.39 is 0 Å². The van der Waals surface area contributed by atoms with Gasteiger partial charge < -0.3 is 4.90 Å². The van der Waals surface area contributed by atoms with Gasteiger partial charge in [-0.25, -0.2) is 0 Å². The van der Waals surface area contributed by atoms with Crippen LogP contribution in [0.1, 0.15) is 24.5 Å². The second-order valence-electron chi connectivity index (χ2n) is 4.95. The molecule has 5 heteroatoms. The number of fused-ring (bicyclic) bond motifs is 1. The Morgan fingerprint density at radius 1 is 1.18 bits per heavy atom. The zero-order valence-electron chi connectivity index (χ0n) is 12.3. The van der Waals surface area contributed by atoms with E-state index in [1.807, 2.05) is 43.3 Å². The van der Waals surface area contributed by atoms with Crippen LogP contribution in [0, 0.1) is 0 Å². The lowest BCUT2D eigenvalue weighted by atomic mass is 10.1. The average molecular weight is 292 g/mol. The minimum Gasteiger partial charge on any atom is -0.306 e. The molecular formula is C17H16N4O. The van der Waals surface area contributed by atoms with E-state index >= 15 is 0 Å². The maximum absolute atomic E-state index is 12.5. The summed E-state index contributed by atoms with van der Waals surface area (Å²) in [5.74, 6) is -0.0880. The molecule has 3 rings (SSSR count). The molecule has 1 aliphatic heterocycles. The molecule has 2 heterocycles. The number of hydrogen-bond donors (Lipinski definition) is 0. The Hall–Kier alpha value is -2.82. The summed E-state index contributed by atoms with van der Waals surface area (Å²) >= 11 is 0.